The second kappa shape index (κ2) is 7.42. The molecule has 1 aliphatic carbocycles. The molecule has 1 saturated carbocycles. The van der Waals surface area contributed by atoms with E-state index in [1.54, 1.807) is 24.3 Å². The molecule has 1 aromatic carbocycles. The van der Waals surface area contributed by atoms with Crippen molar-refractivity contribution in [2.24, 2.45) is 0 Å². The summed E-state index contributed by atoms with van der Waals surface area (Å²) < 4.78 is 0. The molecule has 1 fully saturated rings. The Hall–Kier alpha value is -2.14. The van der Waals surface area contributed by atoms with E-state index in [4.69, 9.17) is 11.6 Å². The van der Waals surface area contributed by atoms with Crippen LogP contribution in [0.3, 0.4) is 0 Å². The lowest BCUT2D eigenvalue weighted by Crippen LogP contribution is -2.23. The number of hydrogen-bond donors (Lipinski definition) is 2. The SMILES string of the molecule is O=C(Nc1ccccc1Cl)c1ccc(NC2CCCCC2)nn1. The fourth-order valence-corrected chi connectivity index (χ4v) is 2.92. The lowest BCUT2D eigenvalue weighted by Gasteiger charge is -2.22. The lowest BCUT2D eigenvalue weighted by molar-refractivity contribution is 0.102. The number of carbonyl (C=O) groups excluding carboxylic acids is 1. The van der Waals surface area contributed by atoms with Gasteiger partial charge in [0.25, 0.3) is 5.91 Å². The summed E-state index contributed by atoms with van der Waals surface area (Å²) in [7, 11) is 0. The summed E-state index contributed by atoms with van der Waals surface area (Å²) in [5.74, 6) is 0.390. The largest absolute Gasteiger partial charge is 0.366 e. The third-order valence-electron chi connectivity index (χ3n) is 3.98. The first kappa shape index (κ1) is 15.7. The summed E-state index contributed by atoms with van der Waals surface area (Å²) >= 11 is 6.03. The molecule has 120 valence electrons. The number of nitrogens with zero attached hydrogens (tertiary/aromatic N) is 2. The Bertz CT molecular complexity index is 669. The number of rotatable bonds is 4. The van der Waals surface area contributed by atoms with Crippen LogP contribution < -0.4 is 10.6 Å². The molecule has 5 nitrogen and oxygen atoms in total. The van der Waals surface area contributed by atoms with Crippen LogP contribution in [0.1, 0.15) is 42.6 Å². The van der Waals surface area contributed by atoms with E-state index in [9.17, 15) is 4.79 Å². The van der Waals surface area contributed by atoms with Crippen LogP contribution in [-0.4, -0.2) is 22.1 Å². The number of aromatic nitrogens is 2. The molecule has 23 heavy (non-hydrogen) atoms. The number of nitrogens with one attached hydrogen (secondary N) is 2. The Morgan fingerprint density at radius 2 is 1.83 bits per heavy atom. The Balaban J connectivity index is 1.62. The molecule has 1 aromatic heterocycles. The van der Waals surface area contributed by atoms with E-state index in [0.29, 0.717) is 22.6 Å². The molecular weight excluding hydrogens is 312 g/mol. The normalized spacial score (nSPS) is 15.2. The van der Waals surface area contributed by atoms with Gasteiger partial charge in [-0.1, -0.05) is 43.0 Å². The summed E-state index contributed by atoms with van der Waals surface area (Å²) in [5, 5.41) is 14.7. The third kappa shape index (κ3) is 4.20. The van der Waals surface area contributed by atoms with Gasteiger partial charge in [-0.15, -0.1) is 10.2 Å². The van der Waals surface area contributed by atoms with Crippen LogP contribution in [0.15, 0.2) is 36.4 Å². The topological polar surface area (TPSA) is 66.9 Å². The number of carbonyl (C=O) groups is 1. The molecule has 2 N–H and O–H groups in total. The summed E-state index contributed by atoms with van der Waals surface area (Å²) in [4.78, 5) is 12.2. The van der Waals surface area contributed by atoms with Gasteiger partial charge in [-0.25, -0.2) is 0 Å². The standard InChI is InChI=1S/C17H19ClN4O/c18-13-8-4-5-9-14(13)20-17(23)15-10-11-16(22-21-15)19-12-6-2-1-3-7-12/h4-5,8-12H,1-3,6-7H2,(H,19,22)(H,20,23). The van der Waals surface area contributed by atoms with Crippen LogP contribution in [0.25, 0.3) is 0 Å². The molecule has 0 aliphatic heterocycles. The lowest BCUT2D eigenvalue weighted by atomic mass is 9.95. The highest BCUT2D eigenvalue weighted by Crippen LogP contribution is 2.22. The van der Waals surface area contributed by atoms with Crippen molar-refractivity contribution < 1.29 is 4.79 Å². The van der Waals surface area contributed by atoms with Crippen molar-refractivity contribution in [3.63, 3.8) is 0 Å². The first-order valence-corrected chi connectivity index (χ1v) is 8.26. The molecule has 0 spiro atoms. The number of hydrogen-bond acceptors (Lipinski definition) is 4. The van der Waals surface area contributed by atoms with Crippen molar-refractivity contribution in [3.05, 3.63) is 47.1 Å². The number of benzene rings is 1. The molecule has 3 rings (SSSR count). The van der Waals surface area contributed by atoms with Crippen molar-refractivity contribution >= 4 is 29.0 Å². The Morgan fingerprint density at radius 1 is 1.04 bits per heavy atom. The minimum atomic E-state index is -0.324. The van der Waals surface area contributed by atoms with Crippen molar-refractivity contribution in [1.29, 1.82) is 0 Å². The third-order valence-corrected chi connectivity index (χ3v) is 4.31. The maximum absolute atomic E-state index is 12.2. The van der Waals surface area contributed by atoms with Gasteiger partial charge in [0.05, 0.1) is 10.7 Å². The minimum Gasteiger partial charge on any atom is -0.366 e. The van der Waals surface area contributed by atoms with Crippen molar-refractivity contribution in [3.8, 4) is 0 Å². The molecule has 6 heteroatoms. The molecule has 1 heterocycles. The van der Waals surface area contributed by atoms with E-state index in [2.05, 4.69) is 20.8 Å². The summed E-state index contributed by atoms with van der Waals surface area (Å²) in [6, 6.07) is 11.0. The van der Waals surface area contributed by atoms with E-state index >= 15 is 0 Å². The average Bonchev–Trinajstić information content (AvgIpc) is 2.58. The zero-order chi connectivity index (χ0) is 16.1. The fraction of sp³-hybridized carbons (Fsp3) is 0.353. The zero-order valence-corrected chi connectivity index (χ0v) is 13.5. The van der Waals surface area contributed by atoms with Gasteiger partial charge < -0.3 is 10.6 Å². The van der Waals surface area contributed by atoms with Gasteiger partial charge in [-0.2, -0.15) is 0 Å². The van der Waals surface area contributed by atoms with Gasteiger partial charge >= 0.3 is 0 Å². The molecular formula is C17H19ClN4O. The highest BCUT2D eigenvalue weighted by atomic mass is 35.5. The van der Waals surface area contributed by atoms with Gasteiger partial charge in [-0.3, -0.25) is 4.79 Å². The molecule has 1 aliphatic rings. The minimum absolute atomic E-state index is 0.263. The van der Waals surface area contributed by atoms with E-state index in [1.165, 1.54) is 19.3 Å². The first-order chi connectivity index (χ1) is 11.2. The van der Waals surface area contributed by atoms with Gasteiger partial charge in [0.1, 0.15) is 5.82 Å². The smallest absolute Gasteiger partial charge is 0.276 e. The summed E-state index contributed by atoms with van der Waals surface area (Å²) in [6.07, 6.45) is 6.14. The average molecular weight is 331 g/mol. The van der Waals surface area contributed by atoms with Crippen LogP contribution in [0.4, 0.5) is 11.5 Å². The molecule has 0 bridgehead atoms. The van der Waals surface area contributed by atoms with E-state index < -0.39 is 0 Å². The molecule has 0 radical (unpaired) electrons. The second-order valence-corrected chi connectivity index (χ2v) is 6.12. The Kier molecular flexibility index (Phi) is 5.08. The second-order valence-electron chi connectivity index (χ2n) is 5.72. The number of para-hydroxylation sites is 1. The van der Waals surface area contributed by atoms with Gasteiger partial charge in [-0.05, 0) is 37.1 Å². The predicted octanol–water partition coefficient (Wildman–Crippen LogP) is 4.13. The van der Waals surface area contributed by atoms with Crippen molar-refractivity contribution in [2.45, 2.75) is 38.1 Å². The zero-order valence-electron chi connectivity index (χ0n) is 12.8. The van der Waals surface area contributed by atoms with Crippen molar-refractivity contribution in [2.75, 3.05) is 10.6 Å². The van der Waals surface area contributed by atoms with Crippen LogP contribution in [0, 0.1) is 0 Å². The van der Waals surface area contributed by atoms with Gasteiger partial charge in [0, 0.05) is 6.04 Å². The summed E-state index contributed by atoms with van der Waals surface area (Å²) in [6.45, 7) is 0. The predicted molar refractivity (Wildman–Crippen MR) is 91.9 cm³/mol. The molecule has 0 unspecified atom stereocenters. The van der Waals surface area contributed by atoms with Crippen molar-refractivity contribution in [1.82, 2.24) is 10.2 Å². The Labute approximate surface area is 140 Å². The van der Waals surface area contributed by atoms with E-state index in [-0.39, 0.29) is 11.6 Å². The van der Waals surface area contributed by atoms with Gasteiger partial charge in [0.15, 0.2) is 5.69 Å². The monoisotopic (exact) mass is 330 g/mol. The van der Waals surface area contributed by atoms with Crippen LogP contribution in [0.5, 0.6) is 0 Å². The Morgan fingerprint density at radius 3 is 2.52 bits per heavy atom. The maximum Gasteiger partial charge on any atom is 0.276 e. The highest BCUT2D eigenvalue weighted by molar-refractivity contribution is 6.33. The van der Waals surface area contributed by atoms with Crippen LogP contribution in [0.2, 0.25) is 5.02 Å². The number of anilines is 2. The number of halogens is 1. The molecule has 0 atom stereocenters. The molecule has 0 saturated heterocycles. The summed E-state index contributed by atoms with van der Waals surface area (Å²) in [5.41, 5.74) is 0.824. The number of amides is 1. The van der Waals surface area contributed by atoms with E-state index in [1.807, 2.05) is 12.1 Å². The maximum atomic E-state index is 12.2. The van der Waals surface area contributed by atoms with E-state index in [0.717, 1.165) is 12.8 Å². The van der Waals surface area contributed by atoms with Gasteiger partial charge in [0.2, 0.25) is 0 Å². The fourth-order valence-electron chi connectivity index (χ4n) is 2.74. The van der Waals surface area contributed by atoms with Crippen LogP contribution >= 0.6 is 11.6 Å². The van der Waals surface area contributed by atoms with Crippen LogP contribution in [-0.2, 0) is 0 Å². The molecule has 1 amide bonds. The quantitative estimate of drug-likeness (QED) is 0.884. The first-order valence-electron chi connectivity index (χ1n) is 7.88. The highest BCUT2D eigenvalue weighted by Gasteiger charge is 2.15. The molecule has 2 aromatic rings.